The highest BCUT2D eigenvalue weighted by atomic mass is 32.2. The molecule has 0 bridgehead atoms. The van der Waals surface area contributed by atoms with E-state index in [9.17, 15) is 8.42 Å². The van der Waals surface area contributed by atoms with Gasteiger partial charge in [0.25, 0.3) is 10.1 Å². The quantitative estimate of drug-likeness (QED) is 0.638. The van der Waals surface area contributed by atoms with Gasteiger partial charge >= 0.3 is 0 Å². The van der Waals surface area contributed by atoms with E-state index >= 15 is 0 Å². The molecule has 0 N–H and O–H groups in total. The topological polar surface area (TPSA) is 56.5 Å². The van der Waals surface area contributed by atoms with Gasteiger partial charge in [-0.15, -0.1) is 0 Å². The first-order valence-electron chi connectivity index (χ1n) is 2.95. The summed E-state index contributed by atoms with van der Waals surface area (Å²) in [4.78, 5) is 0. The molecule has 0 aliphatic carbocycles. The van der Waals surface area contributed by atoms with E-state index in [1.165, 1.54) is 6.26 Å². The molecular formula is C6H8O4S. The summed E-state index contributed by atoms with van der Waals surface area (Å²) >= 11 is 0. The summed E-state index contributed by atoms with van der Waals surface area (Å²) in [6.07, 6.45) is 1.42. The minimum atomic E-state index is -3.44. The summed E-state index contributed by atoms with van der Waals surface area (Å²) < 4.78 is 30.6. The third kappa shape index (κ3) is 2.36. The summed E-state index contributed by atoms with van der Waals surface area (Å²) in [6, 6.07) is 3.21. The molecular weight excluding hydrogens is 168 g/mol. The van der Waals surface area contributed by atoms with Crippen LogP contribution in [0.15, 0.2) is 22.8 Å². The summed E-state index contributed by atoms with van der Waals surface area (Å²) in [5, 5.41) is 0. The number of hydrogen-bond donors (Lipinski definition) is 0. The Labute approximate surface area is 64.9 Å². The molecule has 0 amide bonds. The Morgan fingerprint density at radius 1 is 1.64 bits per heavy atom. The number of hydrogen-bond acceptors (Lipinski definition) is 4. The number of rotatable bonds is 3. The molecule has 0 unspecified atom stereocenters. The van der Waals surface area contributed by atoms with Crippen LogP contribution in [0.25, 0.3) is 0 Å². The zero-order chi connectivity index (χ0) is 8.32. The van der Waals surface area contributed by atoms with Crippen LogP contribution in [-0.2, 0) is 20.1 Å². The highest BCUT2D eigenvalue weighted by molar-refractivity contribution is 7.85. The summed E-state index contributed by atoms with van der Waals surface area (Å²) in [5.74, 6) is 0.170. The Morgan fingerprint density at radius 2 is 2.36 bits per heavy atom. The van der Waals surface area contributed by atoms with Crippen LogP contribution >= 0.6 is 0 Å². The van der Waals surface area contributed by atoms with Crippen LogP contribution in [0.3, 0.4) is 0 Å². The van der Waals surface area contributed by atoms with E-state index in [1.54, 1.807) is 12.1 Å². The molecule has 4 nitrogen and oxygen atoms in total. The van der Waals surface area contributed by atoms with E-state index in [2.05, 4.69) is 4.18 Å². The first-order valence-corrected chi connectivity index (χ1v) is 4.52. The van der Waals surface area contributed by atoms with Crippen LogP contribution in [0, 0.1) is 0 Å². The van der Waals surface area contributed by atoms with Gasteiger partial charge < -0.3 is 4.42 Å². The predicted octanol–water partition coefficient (Wildman–Crippen LogP) is 0.756. The van der Waals surface area contributed by atoms with Crippen LogP contribution in [-0.4, -0.2) is 15.5 Å². The molecule has 0 aromatic carbocycles. The molecule has 0 saturated carbocycles. The first kappa shape index (κ1) is 8.29. The van der Waals surface area contributed by atoms with E-state index in [-0.39, 0.29) is 5.75 Å². The zero-order valence-corrected chi connectivity index (χ0v) is 6.80. The van der Waals surface area contributed by atoms with Crippen LogP contribution in [0.1, 0.15) is 5.76 Å². The molecule has 0 atom stereocenters. The van der Waals surface area contributed by atoms with Gasteiger partial charge in [-0.05, 0) is 12.1 Å². The Hall–Kier alpha value is -0.810. The smallest absolute Gasteiger partial charge is 0.274 e. The van der Waals surface area contributed by atoms with Crippen molar-refractivity contribution in [1.82, 2.24) is 0 Å². The van der Waals surface area contributed by atoms with Gasteiger partial charge in [0, 0.05) is 0 Å². The summed E-state index contributed by atoms with van der Waals surface area (Å²) in [7, 11) is -2.31. The summed E-state index contributed by atoms with van der Waals surface area (Å²) in [5.41, 5.74) is 0. The average molecular weight is 176 g/mol. The van der Waals surface area contributed by atoms with E-state index in [0.717, 1.165) is 7.11 Å². The van der Waals surface area contributed by atoms with Gasteiger partial charge in [0.15, 0.2) is 0 Å². The maximum atomic E-state index is 10.8. The van der Waals surface area contributed by atoms with Gasteiger partial charge in [0.2, 0.25) is 0 Å². The van der Waals surface area contributed by atoms with Crippen molar-refractivity contribution >= 4 is 10.1 Å². The molecule has 0 aliphatic rings. The highest BCUT2D eigenvalue weighted by Gasteiger charge is 2.11. The van der Waals surface area contributed by atoms with Crippen molar-refractivity contribution in [2.24, 2.45) is 0 Å². The maximum absolute atomic E-state index is 10.8. The highest BCUT2D eigenvalue weighted by Crippen LogP contribution is 2.06. The Kier molecular flexibility index (Phi) is 2.31. The fourth-order valence-corrected chi connectivity index (χ4v) is 1.26. The lowest BCUT2D eigenvalue weighted by Crippen LogP contribution is -2.04. The largest absolute Gasteiger partial charge is 0.468 e. The van der Waals surface area contributed by atoms with Crippen molar-refractivity contribution in [3.8, 4) is 0 Å². The summed E-state index contributed by atoms with van der Waals surface area (Å²) in [6.45, 7) is 0. The standard InChI is InChI=1S/C6H8O4S/c1-9-11(7,8)5-6-3-2-4-10-6/h2-4H,5H2,1H3. The first-order chi connectivity index (χ1) is 5.14. The van der Waals surface area contributed by atoms with Crippen molar-refractivity contribution in [2.45, 2.75) is 5.75 Å². The van der Waals surface area contributed by atoms with Crippen LogP contribution < -0.4 is 0 Å². The van der Waals surface area contributed by atoms with Gasteiger partial charge in [0.1, 0.15) is 11.5 Å². The predicted molar refractivity (Wildman–Crippen MR) is 38.3 cm³/mol. The molecule has 0 saturated heterocycles. The van der Waals surface area contributed by atoms with E-state index in [0.29, 0.717) is 5.76 Å². The Balaban J connectivity index is 2.72. The van der Waals surface area contributed by atoms with Gasteiger partial charge in [-0.2, -0.15) is 8.42 Å². The van der Waals surface area contributed by atoms with Crippen molar-refractivity contribution in [3.05, 3.63) is 24.2 Å². The second-order valence-electron chi connectivity index (χ2n) is 1.95. The molecule has 5 heteroatoms. The fraction of sp³-hybridized carbons (Fsp3) is 0.333. The van der Waals surface area contributed by atoms with Crippen molar-refractivity contribution in [2.75, 3.05) is 7.11 Å². The molecule has 0 spiro atoms. The SMILES string of the molecule is COS(=O)(=O)Cc1ccco1. The van der Waals surface area contributed by atoms with Crippen LogP contribution in [0.5, 0.6) is 0 Å². The second kappa shape index (κ2) is 3.06. The molecule has 1 aromatic rings. The van der Waals surface area contributed by atoms with Crippen molar-refractivity contribution in [3.63, 3.8) is 0 Å². The lowest BCUT2D eigenvalue weighted by Gasteiger charge is -1.96. The van der Waals surface area contributed by atoms with Gasteiger partial charge in [-0.25, -0.2) is 0 Å². The van der Waals surface area contributed by atoms with Gasteiger partial charge in [0.05, 0.1) is 13.4 Å². The van der Waals surface area contributed by atoms with E-state index < -0.39 is 10.1 Å². The molecule has 62 valence electrons. The average Bonchev–Trinajstić information content (AvgIpc) is 2.39. The molecule has 0 fully saturated rings. The van der Waals surface area contributed by atoms with Gasteiger partial charge in [-0.3, -0.25) is 4.18 Å². The molecule has 0 aliphatic heterocycles. The van der Waals surface area contributed by atoms with E-state index in [4.69, 9.17) is 4.42 Å². The van der Waals surface area contributed by atoms with Crippen LogP contribution in [0.4, 0.5) is 0 Å². The zero-order valence-electron chi connectivity index (χ0n) is 5.98. The third-order valence-electron chi connectivity index (χ3n) is 1.15. The molecule has 1 aromatic heterocycles. The molecule has 11 heavy (non-hydrogen) atoms. The minimum Gasteiger partial charge on any atom is -0.468 e. The molecule has 0 radical (unpaired) electrons. The fourth-order valence-electron chi connectivity index (χ4n) is 0.628. The second-order valence-corrected chi connectivity index (χ2v) is 3.69. The van der Waals surface area contributed by atoms with Crippen LogP contribution in [0.2, 0.25) is 0 Å². The minimum absolute atomic E-state index is 0.212. The van der Waals surface area contributed by atoms with Crippen molar-refractivity contribution in [1.29, 1.82) is 0 Å². The van der Waals surface area contributed by atoms with Crippen molar-refractivity contribution < 1.29 is 17.0 Å². The third-order valence-corrected chi connectivity index (χ3v) is 2.30. The lowest BCUT2D eigenvalue weighted by molar-refractivity contribution is 0.392. The van der Waals surface area contributed by atoms with Gasteiger partial charge in [-0.1, -0.05) is 0 Å². The monoisotopic (exact) mass is 176 g/mol. The Bertz CT molecular complexity index is 297. The lowest BCUT2D eigenvalue weighted by atomic mass is 10.5. The normalized spacial score (nSPS) is 11.7. The Morgan fingerprint density at radius 3 is 2.82 bits per heavy atom. The molecule has 1 rings (SSSR count). The number of furan rings is 1. The van der Waals surface area contributed by atoms with E-state index in [1.807, 2.05) is 0 Å². The maximum Gasteiger partial charge on any atom is 0.274 e. The molecule has 1 heterocycles.